The predicted octanol–water partition coefficient (Wildman–Crippen LogP) is 4.80. The van der Waals surface area contributed by atoms with Crippen molar-refractivity contribution in [2.24, 2.45) is 7.05 Å². The topological polar surface area (TPSA) is 95.3 Å². The number of halogens is 1. The molecule has 37 heavy (non-hydrogen) atoms. The van der Waals surface area contributed by atoms with Crippen molar-refractivity contribution in [2.75, 3.05) is 7.11 Å². The molecule has 0 spiro atoms. The second kappa shape index (κ2) is 10.9. The van der Waals surface area contributed by atoms with E-state index in [9.17, 15) is 14.0 Å². The van der Waals surface area contributed by atoms with Crippen molar-refractivity contribution >= 4 is 17.4 Å². The van der Waals surface area contributed by atoms with Crippen LogP contribution in [0.3, 0.4) is 0 Å². The van der Waals surface area contributed by atoms with Crippen molar-refractivity contribution in [1.82, 2.24) is 19.9 Å². The average Bonchev–Trinajstić information content (AvgIpc) is 3.34. The standard InChI is InChI=1S/C27H27FN4O4S/c1-27(2,31-26(34)36-16-18-8-6-5-7-9-18)25-30-21(22(35-4)24(33)32(25)3)23-29-15-20(37-23)14-17-10-12-19(28)13-11-17/h5-13,15H,14,16H2,1-4H3,(H,31,34). The molecule has 0 fully saturated rings. The van der Waals surface area contributed by atoms with Gasteiger partial charge < -0.3 is 14.8 Å². The summed E-state index contributed by atoms with van der Waals surface area (Å²) in [5, 5.41) is 3.29. The maximum absolute atomic E-state index is 13.2. The van der Waals surface area contributed by atoms with E-state index in [0.717, 1.165) is 16.0 Å². The molecule has 0 bridgehead atoms. The minimum absolute atomic E-state index is 0.0522. The smallest absolute Gasteiger partial charge is 0.408 e. The molecule has 2 aromatic heterocycles. The van der Waals surface area contributed by atoms with Gasteiger partial charge in [-0.3, -0.25) is 9.36 Å². The van der Waals surface area contributed by atoms with Crippen LogP contribution in [0.25, 0.3) is 10.7 Å². The van der Waals surface area contributed by atoms with Gasteiger partial charge in [-0.15, -0.1) is 11.3 Å². The molecule has 2 aromatic carbocycles. The highest BCUT2D eigenvalue weighted by Gasteiger charge is 2.31. The number of nitrogens with one attached hydrogen (secondary N) is 1. The van der Waals surface area contributed by atoms with Crippen molar-refractivity contribution < 1.29 is 18.7 Å². The summed E-state index contributed by atoms with van der Waals surface area (Å²) in [6, 6.07) is 15.6. The SMILES string of the molecule is COc1c(-c2ncc(Cc3ccc(F)cc3)s2)nc(C(C)(C)NC(=O)OCc2ccccc2)n(C)c1=O. The van der Waals surface area contributed by atoms with Crippen molar-refractivity contribution in [2.45, 2.75) is 32.4 Å². The maximum Gasteiger partial charge on any atom is 0.408 e. The first kappa shape index (κ1) is 26.0. The van der Waals surface area contributed by atoms with Gasteiger partial charge in [-0.1, -0.05) is 42.5 Å². The summed E-state index contributed by atoms with van der Waals surface area (Å²) < 4.78 is 25.3. The molecule has 0 saturated heterocycles. The van der Waals surface area contributed by atoms with Gasteiger partial charge in [0, 0.05) is 24.5 Å². The lowest BCUT2D eigenvalue weighted by Gasteiger charge is -2.27. The quantitative estimate of drug-likeness (QED) is 0.357. The number of hydrogen-bond donors (Lipinski definition) is 1. The summed E-state index contributed by atoms with van der Waals surface area (Å²) in [4.78, 5) is 35.8. The number of ether oxygens (including phenoxy) is 2. The van der Waals surface area contributed by atoms with Gasteiger partial charge in [0.25, 0.3) is 5.56 Å². The molecule has 10 heteroatoms. The number of methoxy groups -OCH3 is 1. The van der Waals surface area contributed by atoms with E-state index in [1.54, 1.807) is 39.2 Å². The zero-order valence-corrected chi connectivity index (χ0v) is 21.8. The largest absolute Gasteiger partial charge is 0.489 e. The third-order valence-corrected chi connectivity index (χ3v) is 6.69. The highest BCUT2D eigenvalue weighted by atomic mass is 32.1. The van der Waals surface area contributed by atoms with Gasteiger partial charge in [-0.05, 0) is 37.1 Å². The highest BCUT2D eigenvalue weighted by molar-refractivity contribution is 7.15. The van der Waals surface area contributed by atoms with Gasteiger partial charge in [0.1, 0.15) is 29.0 Å². The van der Waals surface area contributed by atoms with Crippen molar-refractivity contribution in [3.63, 3.8) is 0 Å². The first-order chi connectivity index (χ1) is 17.7. The van der Waals surface area contributed by atoms with Gasteiger partial charge in [-0.25, -0.2) is 19.2 Å². The molecule has 0 unspecified atom stereocenters. The van der Waals surface area contributed by atoms with Crippen LogP contribution in [-0.4, -0.2) is 27.7 Å². The normalized spacial score (nSPS) is 11.3. The molecule has 4 rings (SSSR count). The first-order valence-corrected chi connectivity index (χ1v) is 12.3. The number of benzene rings is 2. The summed E-state index contributed by atoms with van der Waals surface area (Å²) >= 11 is 1.36. The molecule has 1 N–H and O–H groups in total. The molecule has 0 saturated carbocycles. The Morgan fingerprint density at radius 2 is 1.81 bits per heavy atom. The minimum atomic E-state index is -1.06. The van der Waals surface area contributed by atoms with Crippen LogP contribution in [0.5, 0.6) is 5.75 Å². The van der Waals surface area contributed by atoms with Crippen LogP contribution in [0.15, 0.2) is 65.6 Å². The van der Waals surface area contributed by atoms with E-state index in [1.165, 1.54) is 35.1 Å². The number of hydrogen-bond acceptors (Lipinski definition) is 7. The number of aromatic nitrogens is 3. The Labute approximate surface area is 217 Å². The molecule has 0 aliphatic heterocycles. The van der Waals surface area contributed by atoms with Gasteiger partial charge in [0.05, 0.1) is 12.6 Å². The zero-order chi connectivity index (χ0) is 26.6. The lowest BCUT2D eigenvalue weighted by atomic mass is 10.0. The van der Waals surface area contributed by atoms with E-state index < -0.39 is 17.2 Å². The molecule has 2 heterocycles. The lowest BCUT2D eigenvalue weighted by molar-refractivity contribution is 0.128. The van der Waals surface area contributed by atoms with Crippen LogP contribution in [0, 0.1) is 5.82 Å². The fraction of sp³-hybridized carbons (Fsp3) is 0.259. The Kier molecular flexibility index (Phi) is 7.68. The second-order valence-electron chi connectivity index (χ2n) is 8.93. The Balaban J connectivity index is 1.60. The summed E-state index contributed by atoms with van der Waals surface area (Å²) in [7, 11) is 2.97. The fourth-order valence-corrected chi connectivity index (χ4v) is 4.77. The van der Waals surface area contributed by atoms with Gasteiger partial charge in [-0.2, -0.15) is 0 Å². The molecule has 8 nitrogen and oxygen atoms in total. The van der Waals surface area contributed by atoms with Crippen LogP contribution < -0.4 is 15.6 Å². The summed E-state index contributed by atoms with van der Waals surface area (Å²) in [5.74, 6) is 0.0622. The Hall–Kier alpha value is -4.05. The van der Waals surface area contributed by atoms with Crippen LogP contribution in [0.1, 0.15) is 35.7 Å². The number of alkyl carbamates (subject to hydrolysis) is 1. The van der Waals surface area contributed by atoms with Gasteiger partial charge >= 0.3 is 6.09 Å². The van der Waals surface area contributed by atoms with Gasteiger partial charge in [0.15, 0.2) is 0 Å². The van der Waals surface area contributed by atoms with E-state index in [0.29, 0.717) is 17.3 Å². The number of amides is 1. The molecule has 0 aliphatic rings. The highest BCUT2D eigenvalue weighted by Crippen LogP contribution is 2.32. The van der Waals surface area contributed by atoms with Crippen molar-refractivity contribution in [1.29, 1.82) is 0 Å². The third-order valence-electron chi connectivity index (χ3n) is 5.69. The average molecular weight is 523 g/mol. The Morgan fingerprint density at radius 3 is 2.49 bits per heavy atom. The van der Waals surface area contributed by atoms with Crippen LogP contribution in [0.4, 0.5) is 9.18 Å². The third kappa shape index (κ3) is 6.03. The molecule has 0 atom stereocenters. The summed E-state index contributed by atoms with van der Waals surface area (Å²) in [5.41, 5.74) is 0.596. The zero-order valence-electron chi connectivity index (χ0n) is 20.9. The number of nitrogens with zero attached hydrogens (tertiary/aromatic N) is 3. The number of thiazole rings is 1. The number of rotatable bonds is 8. The molecule has 1 amide bonds. The van der Waals surface area contributed by atoms with E-state index in [-0.39, 0.29) is 23.9 Å². The molecule has 0 radical (unpaired) electrons. The minimum Gasteiger partial charge on any atom is -0.489 e. The molecule has 192 valence electrons. The number of carbonyl (C=O) groups is 1. The van der Waals surface area contributed by atoms with Crippen LogP contribution >= 0.6 is 11.3 Å². The number of carbonyl (C=O) groups excluding carboxylic acids is 1. The molecular weight excluding hydrogens is 495 g/mol. The molecular formula is C27H27FN4O4S. The van der Waals surface area contributed by atoms with E-state index >= 15 is 0 Å². The van der Waals surface area contributed by atoms with Crippen LogP contribution in [0.2, 0.25) is 0 Å². The molecule has 4 aromatic rings. The molecule has 0 aliphatic carbocycles. The van der Waals surface area contributed by atoms with Gasteiger partial charge in [0.2, 0.25) is 5.75 Å². The second-order valence-corrected chi connectivity index (χ2v) is 10.0. The summed E-state index contributed by atoms with van der Waals surface area (Å²) in [6.07, 6.45) is 1.61. The van der Waals surface area contributed by atoms with Crippen LogP contribution in [-0.2, 0) is 30.4 Å². The van der Waals surface area contributed by atoms with E-state index in [4.69, 9.17) is 14.5 Å². The van der Waals surface area contributed by atoms with Crippen molar-refractivity contribution in [3.05, 3.63) is 98.8 Å². The van der Waals surface area contributed by atoms with E-state index in [2.05, 4.69) is 10.3 Å². The lowest BCUT2D eigenvalue weighted by Crippen LogP contribution is -2.45. The van der Waals surface area contributed by atoms with Crippen molar-refractivity contribution in [3.8, 4) is 16.5 Å². The predicted molar refractivity (Wildman–Crippen MR) is 139 cm³/mol. The fourth-order valence-electron chi connectivity index (χ4n) is 3.84. The Morgan fingerprint density at radius 1 is 1.11 bits per heavy atom. The monoisotopic (exact) mass is 522 g/mol. The Bertz CT molecular complexity index is 1450. The first-order valence-electron chi connectivity index (χ1n) is 11.5. The summed E-state index contributed by atoms with van der Waals surface area (Å²) in [6.45, 7) is 3.58. The van der Waals surface area contributed by atoms with E-state index in [1.807, 2.05) is 30.3 Å². The maximum atomic E-state index is 13.2.